The summed E-state index contributed by atoms with van der Waals surface area (Å²) >= 11 is 0. The van der Waals surface area contributed by atoms with Gasteiger partial charge in [-0.15, -0.1) is 0 Å². The van der Waals surface area contributed by atoms with E-state index in [1.807, 2.05) is 0 Å². The first kappa shape index (κ1) is 22.4. The van der Waals surface area contributed by atoms with Crippen LogP contribution < -0.4 is 9.46 Å². The lowest BCUT2D eigenvalue weighted by molar-refractivity contribution is -0.277. The highest BCUT2D eigenvalue weighted by Gasteiger charge is 2.60. The SMILES string of the molecule is COc1ccc([C@H](NS(=O)C(C)(C)C)[C@](O)(c2ccccc2)C(F)(F)F)cc1. The van der Waals surface area contributed by atoms with Gasteiger partial charge in [-0.3, -0.25) is 0 Å². The van der Waals surface area contributed by atoms with E-state index < -0.39 is 33.6 Å². The first-order valence-electron chi connectivity index (χ1n) is 8.58. The molecule has 2 N–H and O–H groups in total. The van der Waals surface area contributed by atoms with E-state index in [9.17, 15) is 22.5 Å². The third-order valence-electron chi connectivity index (χ3n) is 4.29. The van der Waals surface area contributed by atoms with E-state index in [2.05, 4.69) is 4.72 Å². The highest BCUT2D eigenvalue weighted by molar-refractivity contribution is 7.84. The molecular formula is C20H24F3NO3S. The van der Waals surface area contributed by atoms with Gasteiger partial charge in [0, 0.05) is 0 Å². The van der Waals surface area contributed by atoms with Gasteiger partial charge in [0.05, 0.1) is 28.9 Å². The maximum absolute atomic E-state index is 14.2. The molecule has 0 aromatic heterocycles. The summed E-state index contributed by atoms with van der Waals surface area (Å²) in [5.41, 5.74) is -3.52. The highest BCUT2D eigenvalue weighted by Crippen LogP contribution is 2.48. The molecule has 0 fully saturated rings. The van der Waals surface area contributed by atoms with E-state index in [1.165, 1.54) is 55.6 Å². The van der Waals surface area contributed by atoms with Crippen LogP contribution in [0.2, 0.25) is 0 Å². The second-order valence-corrected chi connectivity index (χ2v) is 9.33. The summed E-state index contributed by atoms with van der Waals surface area (Å²) < 4.78 is 62.0. The molecule has 0 heterocycles. The van der Waals surface area contributed by atoms with Crippen molar-refractivity contribution in [2.45, 2.75) is 43.3 Å². The van der Waals surface area contributed by atoms with Gasteiger partial charge in [-0.25, -0.2) is 8.93 Å². The van der Waals surface area contributed by atoms with E-state index in [4.69, 9.17) is 4.74 Å². The molecule has 0 aliphatic rings. The lowest BCUT2D eigenvalue weighted by atomic mass is 9.82. The number of benzene rings is 2. The first-order chi connectivity index (χ1) is 12.9. The zero-order chi connectivity index (χ0) is 21.2. The molecule has 0 saturated heterocycles. The fourth-order valence-corrected chi connectivity index (χ4v) is 3.54. The van der Waals surface area contributed by atoms with Crippen LogP contribution in [-0.4, -0.2) is 27.3 Å². The van der Waals surface area contributed by atoms with Crippen LogP contribution in [0.15, 0.2) is 54.6 Å². The monoisotopic (exact) mass is 415 g/mol. The van der Waals surface area contributed by atoms with Crippen LogP contribution in [0.4, 0.5) is 13.2 Å². The fourth-order valence-electron chi connectivity index (χ4n) is 2.66. The summed E-state index contributed by atoms with van der Waals surface area (Å²) in [6.07, 6.45) is -5.03. The number of aliphatic hydroxyl groups is 1. The zero-order valence-corrected chi connectivity index (χ0v) is 16.9. The summed E-state index contributed by atoms with van der Waals surface area (Å²) in [6, 6.07) is 10.9. The average molecular weight is 415 g/mol. The number of hydrogen-bond donors (Lipinski definition) is 2. The highest BCUT2D eigenvalue weighted by atomic mass is 32.2. The van der Waals surface area contributed by atoms with Gasteiger partial charge in [-0.05, 0) is 44.0 Å². The number of methoxy groups -OCH3 is 1. The minimum absolute atomic E-state index is 0.127. The second-order valence-electron chi connectivity index (χ2n) is 7.34. The van der Waals surface area contributed by atoms with Crippen molar-refractivity contribution < 1.29 is 27.2 Å². The number of rotatable bonds is 6. The van der Waals surface area contributed by atoms with Gasteiger partial charge >= 0.3 is 6.18 Å². The number of halogens is 3. The minimum Gasteiger partial charge on any atom is -0.497 e. The van der Waals surface area contributed by atoms with Gasteiger partial charge in [0.1, 0.15) is 5.75 Å². The van der Waals surface area contributed by atoms with Gasteiger partial charge in [-0.2, -0.15) is 13.2 Å². The number of nitrogens with one attached hydrogen (secondary N) is 1. The summed E-state index contributed by atoms with van der Waals surface area (Å²) in [4.78, 5) is 0. The van der Waals surface area contributed by atoms with Crippen molar-refractivity contribution in [1.82, 2.24) is 4.72 Å². The van der Waals surface area contributed by atoms with Crippen molar-refractivity contribution in [3.8, 4) is 5.75 Å². The fraction of sp³-hybridized carbons (Fsp3) is 0.400. The lowest BCUT2D eigenvalue weighted by Crippen LogP contribution is -2.53. The minimum atomic E-state index is -5.03. The Morgan fingerprint density at radius 3 is 1.96 bits per heavy atom. The van der Waals surface area contributed by atoms with Crippen molar-refractivity contribution in [2.75, 3.05) is 7.11 Å². The molecular weight excluding hydrogens is 391 g/mol. The molecule has 0 saturated carbocycles. The van der Waals surface area contributed by atoms with Crippen LogP contribution >= 0.6 is 0 Å². The molecule has 1 unspecified atom stereocenters. The van der Waals surface area contributed by atoms with Crippen molar-refractivity contribution in [3.05, 3.63) is 65.7 Å². The van der Waals surface area contributed by atoms with Crippen LogP contribution in [0.5, 0.6) is 5.75 Å². The van der Waals surface area contributed by atoms with Crippen LogP contribution in [0.1, 0.15) is 37.9 Å². The summed E-state index contributed by atoms with van der Waals surface area (Å²) in [7, 11) is -0.431. The first-order valence-corrected chi connectivity index (χ1v) is 9.73. The third-order valence-corrected chi connectivity index (χ3v) is 5.86. The maximum atomic E-state index is 14.2. The molecule has 0 amide bonds. The molecule has 154 valence electrons. The Kier molecular flexibility index (Phi) is 6.58. The predicted molar refractivity (Wildman–Crippen MR) is 103 cm³/mol. The molecule has 2 rings (SSSR count). The smallest absolute Gasteiger partial charge is 0.423 e. The third kappa shape index (κ3) is 4.56. The quantitative estimate of drug-likeness (QED) is 0.742. The Morgan fingerprint density at radius 2 is 1.54 bits per heavy atom. The Bertz CT molecular complexity index is 804. The number of alkyl halides is 3. The maximum Gasteiger partial charge on any atom is 0.423 e. The molecule has 0 aliphatic heterocycles. The van der Waals surface area contributed by atoms with Gasteiger partial charge in [0.25, 0.3) is 0 Å². The summed E-state index contributed by atoms with van der Waals surface area (Å²) in [6.45, 7) is 4.91. The zero-order valence-electron chi connectivity index (χ0n) is 16.1. The van der Waals surface area contributed by atoms with Gasteiger partial charge in [-0.1, -0.05) is 42.5 Å². The molecule has 2 aromatic carbocycles. The number of hydrogen-bond acceptors (Lipinski definition) is 3. The molecule has 28 heavy (non-hydrogen) atoms. The predicted octanol–water partition coefficient (Wildman–Crippen LogP) is 4.24. The van der Waals surface area contributed by atoms with E-state index in [-0.39, 0.29) is 11.1 Å². The molecule has 3 atom stereocenters. The topological polar surface area (TPSA) is 58.6 Å². The Labute approximate surface area is 165 Å². The van der Waals surface area contributed by atoms with E-state index in [1.54, 1.807) is 26.8 Å². The van der Waals surface area contributed by atoms with Crippen LogP contribution in [-0.2, 0) is 16.6 Å². The van der Waals surface area contributed by atoms with Gasteiger partial charge in [0.2, 0.25) is 5.60 Å². The van der Waals surface area contributed by atoms with Crippen molar-refractivity contribution in [1.29, 1.82) is 0 Å². The van der Waals surface area contributed by atoms with Crippen molar-refractivity contribution in [2.24, 2.45) is 0 Å². The largest absolute Gasteiger partial charge is 0.497 e. The Balaban J connectivity index is 2.67. The molecule has 2 aromatic rings. The van der Waals surface area contributed by atoms with Crippen LogP contribution in [0, 0.1) is 0 Å². The van der Waals surface area contributed by atoms with Crippen molar-refractivity contribution >= 4 is 11.0 Å². The summed E-state index contributed by atoms with van der Waals surface area (Å²) in [5.74, 6) is 0.453. The van der Waals surface area contributed by atoms with E-state index >= 15 is 0 Å². The normalized spacial score (nSPS) is 16.9. The Hall–Kier alpha value is -1.90. The van der Waals surface area contributed by atoms with Crippen LogP contribution in [0.3, 0.4) is 0 Å². The Morgan fingerprint density at radius 1 is 1.00 bits per heavy atom. The van der Waals surface area contributed by atoms with Gasteiger partial charge < -0.3 is 9.84 Å². The molecule has 0 aliphatic carbocycles. The molecule has 0 spiro atoms. The van der Waals surface area contributed by atoms with E-state index in [0.717, 1.165) is 0 Å². The lowest BCUT2D eigenvalue weighted by Gasteiger charge is -2.39. The van der Waals surface area contributed by atoms with Crippen LogP contribution in [0.25, 0.3) is 0 Å². The van der Waals surface area contributed by atoms with Crippen molar-refractivity contribution in [3.63, 3.8) is 0 Å². The molecule has 4 nitrogen and oxygen atoms in total. The second kappa shape index (κ2) is 8.23. The standard InChI is InChI=1S/C20H24F3NO3S/c1-18(2,3)28(26)24-17(14-10-12-16(27-4)13-11-14)19(25,20(21,22)23)15-8-6-5-7-9-15/h5-13,17,24-25H,1-4H3/t17-,19+,28?/m0/s1. The molecule has 0 bridgehead atoms. The average Bonchev–Trinajstić information content (AvgIpc) is 2.64. The summed E-state index contributed by atoms with van der Waals surface area (Å²) in [5, 5.41) is 11.0. The molecule has 8 heteroatoms. The number of ether oxygens (including phenoxy) is 1. The van der Waals surface area contributed by atoms with Gasteiger partial charge in [0.15, 0.2) is 0 Å². The molecule has 0 radical (unpaired) electrons. The van der Waals surface area contributed by atoms with E-state index in [0.29, 0.717) is 5.75 Å².